The van der Waals surface area contributed by atoms with Crippen LogP contribution in [0, 0.1) is 18.3 Å². The Labute approximate surface area is 89.2 Å². The van der Waals surface area contributed by atoms with Gasteiger partial charge in [0.05, 0.1) is 6.07 Å². The summed E-state index contributed by atoms with van der Waals surface area (Å²) in [5.74, 6) is 0. The Balaban J connectivity index is 2.40. The van der Waals surface area contributed by atoms with Gasteiger partial charge in [0, 0.05) is 5.69 Å². The van der Waals surface area contributed by atoms with Crippen LogP contribution in [0.5, 0.6) is 0 Å². The van der Waals surface area contributed by atoms with E-state index in [-0.39, 0.29) is 0 Å². The van der Waals surface area contributed by atoms with Crippen molar-refractivity contribution < 1.29 is 0 Å². The lowest BCUT2D eigenvalue weighted by Crippen LogP contribution is -1.97. The molecular formula is C13H12N2. The maximum atomic E-state index is 8.46. The summed E-state index contributed by atoms with van der Waals surface area (Å²) in [4.78, 5) is 0. The Kier molecular flexibility index (Phi) is 2.55. The lowest BCUT2D eigenvalue weighted by Gasteiger charge is -2.04. The summed E-state index contributed by atoms with van der Waals surface area (Å²) in [6.45, 7) is 2.43. The largest absolute Gasteiger partial charge is 0.372 e. The van der Waals surface area contributed by atoms with Crippen LogP contribution < -0.4 is 5.32 Å². The summed E-state index contributed by atoms with van der Waals surface area (Å²) in [5, 5.41) is 13.9. The molecule has 0 atom stereocenters. The van der Waals surface area contributed by atoms with Crippen molar-refractivity contribution >= 4 is 16.5 Å². The van der Waals surface area contributed by atoms with E-state index in [0.29, 0.717) is 6.54 Å². The second kappa shape index (κ2) is 4.02. The minimum atomic E-state index is 0.345. The van der Waals surface area contributed by atoms with Crippen molar-refractivity contribution in [3.05, 3.63) is 42.0 Å². The van der Waals surface area contributed by atoms with Crippen LogP contribution in [0.3, 0.4) is 0 Å². The molecule has 74 valence electrons. The number of nitrogens with one attached hydrogen (secondary N) is 1. The standard InChI is InChI=1S/C13H12N2/c1-10-2-3-12-9-13(15-7-6-14)5-4-11(12)8-10/h2-5,8-9,15H,7H2,1H3. The lowest BCUT2D eigenvalue weighted by molar-refractivity contribution is 1.32. The molecule has 1 N–H and O–H groups in total. The van der Waals surface area contributed by atoms with Gasteiger partial charge in [0.2, 0.25) is 0 Å². The first-order valence-electron chi connectivity index (χ1n) is 4.91. The minimum Gasteiger partial charge on any atom is -0.372 e. The molecule has 0 aliphatic heterocycles. The zero-order valence-electron chi connectivity index (χ0n) is 8.62. The molecule has 2 rings (SSSR count). The molecule has 0 aliphatic rings. The molecule has 0 unspecified atom stereocenters. The number of hydrogen-bond acceptors (Lipinski definition) is 2. The molecule has 0 saturated carbocycles. The number of fused-ring (bicyclic) bond motifs is 1. The molecule has 0 heterocycles. The van der Waals surface area contributed by atoms with Crippen molar-refractivity contribution in [3.63, 3.8) is 0 Å². The summed E-state index contributed by atoms with van der Waals surface area (Å²) < 4.78 is 0. The van der Waals surface area contributed by atoms with Crippen LogP contribution in [0.25, 0.3) is 10.8 Å². The average Bonchev–Trinajstić information content (AvgIpc) is 2.26. The van der Waals surface area contributed by atoms with Crippen LogP contribution >= 0.6 is 0 Å². The Hall–Kier alpha value is -2.01. The highest BCUT2D eigenvalue weighted by atomic mass is 14.9. The molecule has 15 heavy (non-hydrogen) atoms. The molecule has 0 amide bonds. The van der Waals surface area contributed by atoms with Crippen molar-refractivity contribution in [2.75, 3.05) is 11.9 Å². The molecule has 2 aromatic rings. The second-order valence-electron chi connectivity index (χ2n) is 3.58. The van der Waals surface area contributed by atoms with E-state index in [1.807, 2.05) is 6.07 Å². The third-order valence-electron chi connectivity index (χ3n) is 2.37. The van der Waals surface area contributed by atoms with Gasteiger partial charge >= 0.3 is 0 Å². The maximum absolute atomic E-state index is 8.46. The van der Waals surface area contributed by atoms with E-state index in [0.717, 1.165) is 5.69 Å². The lowest BCUT2D eigenvalue weighted by atomic mass is 10.1. The van der Waals surface area contributed by atoms with Gasteiger partial charge in [-0.25, -0.2) is 0 Å². The second-order valence-corrected chi connectivity index (χ2v) is 3.58. The van der Waals surface area contributed by atoms with Crippen molar-refractivity contribution in [3.8, 4) is 6.07 Å². The molecule has 0 fully saturated rings. The van der Waals surface area contributed by atoms with Crippen molar-refractivity contribution in [1.82, 2.24) is 0 Å². The van der Waals surface area contributed by atoms with Gasteiger partial charge in [0.15, 0.2) is 0 Å². The Morgan fingerprint density at radius 3 is 2.67 bits per heavy atom. The van der Waals surface area contributed by atoms with Gasteiger partial charge in [0.25, 0.3) is 0 Å². The van der Waals surface area contributed by atoms with Gasteiger partial charge in [0.1, 0.15) is 6.54 Å². The SMILES string of the molecule is Cc1ccc2cc(NCC#N)ccc2c1. The van der Waals surface area contributed by atoms with Gasteiger partial charge in [-0.05, 0) is 29.8 Å². The van der Waals surface area contributed by atoms with Gasteiger partial charge in [-0.3, -0.25) is 0 Å². The molecule has 0 radical (unpaired) electrons. The highest BCUT2D eigenvalue weighted by Crippen LogP contribution is 2.20. The van der Waals surface area contributed by atoms with Gasteiger partial charge in [-0.15, -0.1) is 0 Å². The highest BCUT2D eigenvalue weighted by Gasteiger charge is 1.95. The van der Waals surface area contributed by atoms with Crippen LogP contribution in [-0.2, 0) is 0 Å². The average molecular weight is 196 g/mol. The van der Waals surface area contributed by atoms with Gasteiger partial charge in [-0.2, -0.15) is 5.26 Å². The molecule has 0 aromatic heterocycles. The molecule has 0 saturated heterocycles. The molecule has 2 aromatic carbocycles. The fraction of sp³-hybridized carbons (Fsp3) is 0.154. The minimum absolute atomic E-state index is 0.345. The van der Waals surface area contributed by atoms with E-state index < -0.39 is 0 Å². The predicted molar refractivity (Wildman–Crippen MR) is 62.8 cm³/mol. The smallest absolute Gasteiger partial charge is 0.103 e. The van der Waals surface area contributed by atoms with Crippen LogP contribution in [-0.4, -0.2) is 6.54 Å². The summed E-state index contributed by atoms with van der Waals surface area (Å²) in [7, 11) is 0. The fourth-order valence-electron chi connectivity index (χ4n) is 1.62. The summed E-state index contributed by atoms with van der Waals surface area (Å²) in [5.41, 5.74) is 2.26. The topological polar surface area (TPSA) is 35.8 Å². The molecule has 2 heteroatoms. The van der Waals surface area contributed by atoms with Crippen LogP contribution in [0.4, 0.5) is 5.69 Å². The molecule has 0 aliphatic carbocycles. The van der Waals surface area contributed by atoms with Crippen LogP contribution in [0.15, 0.2) is 36.4 Å². The van der Waals surface area contributed by atoms with E-state index in [1.165, 1.54) is 16.3 Å². The van der Waals surface area contributed by atoms with Crippen LogP contribution in [0.2, 0.25) is 0 Å². The monoisotopic (exact) mass is 196 g/mol. The Morgan fingerprint density at radius 2 is 1.87 bits per heavy atom. The summed E-state index contributed by atoms with van der Waals surface area (Å²) in [6, 6.07) is 14.5. The van der Waals surface area contributed by atoms with E-state index in [9.17, 15) is 0 Å². The van der Waals surface area contributed by atoms with Gasteiger partial charge < -0.3 is 5.32 Å². The first-order valence-corrected chi connectivity index (χ1v) is 4.91. The zero-order valence-corrected chi connectivity index (χ0v) is 8.62. The van der Waals surface area contributed by atoms with E-state index in [1.54, 1.807) is 0 Å². The third kappa shape index (κ3) is 2.08. The van der Waals surface area contributed by atoms with E-state index >= 15 is 0 Å². The number of anilines is 1. The first-order chi connectivity index (χ1) is 7.29. The molecule has 2 nitrogen and oxygen atoms in total. The number of nitrogens with zero attached hydrogens (tertiary/aromatic N) is 1. The molecule has 0 bridgehead atoms. The number of rotatable bonds is 2. The Bertz CT molecular complexity index is 524. The summed E-state index contributed by atoms with van der Waals surface area (Å²) >= 11 is 0. The van der Waals surface area contributed by atoms with Crippen molar-refractivity contribution in [2.24, 2.45) is 0 Å². The number of aryl methyl sites for hydroxylation is 1. The molecular weight excluding hydrogens is 184 g/mol. The fourth-order valence-corrected chi connectivity index (χ4v) is 1.62. The highest BCUT2D eigenvalue weighted by molar-refractivity contribution is 5.86. The molecule has 0 spiro atoms. The number of benzene rings is 2. The Morgan fingerprint density at radius 1 is 1.13 bits per heavy atom. The number of nitriles is 1. The zero-order chi connectivity index (χ0) is 10.7. The van der Waals surface area contributed by atoms with Crippen molar-refractivity contribution in [1.29, 1.82) is 5.26 Å². The van der Waals surface area contributed by atoms with Crippen LogP contribution in [0.1, 0.15) is 5.56 Å². The maximum Gasteiger partial charge on any atom is 0.103 e. The number of hydrogen-bond donors (Lipinski definition) is 1. The summed E-state index contributed by atoms with van der Waals surface area (Å²) in [6.07, 6.45) is 0. The van der Waals surface area contributed by atoms with Gasteiger partial charge in [-0.1, -0.05) is 29.8 Å². The van der Waals surface area contributed by atoms with E-state index in [4.69, 9.17) is 5.26 Å². The predicted octanol–water partition coefficient (Wildman–Crippen LogP) is 3.08. The van der Waals surface area contributed by atoms with E-state index in [2.05, 4.69) is 48.6 Å². The normalized spacial score (nSPS) is 9.87. The first kappa shape index (κ1) is 9.54. The van der Waals surface area contributed by atoms with Crippen molar-refractivity contribution in [2.45, 2.75) is 6.92 Å². The third-order valence-corrected chi connectivity index (χ3v) is 2.37. The quantitative estimate of drug-likeness (QED) is 0.749.